The number of fused-ring (bicyclic) bond motifs is 1. The maximum Gasteiger partial charge on any atom is 0.139 e. The number of para-hydroxylation sites is 1. The van der Waals surface area contributed by atoms with Crippen LogP contribution in [0.25, 0.3) is 10.9 Å². The van der Waals surface area contributed by atoms with Crippen molar-refractivity contribution >= 4 is 28.1 Å². The van der Waals surface area contributed by atoms with Gasteiger partial charge in [0.1, 0.15) is 12.1 Å². The molecule has 1 N–H and O–H groups in total. The molecule has 1 fully saturated rings. The quantitative estimate of drug-likeness (QED) is 0.799. The number of rotatable bonds is 3. The summed E-state index contributed by atoms with van der Waals surface area (Å²) in [6, 6.07) is 12.2. The van der Waals surface area contributed by atoms with Crippen molar-refractivity contribution in [1.82, 2.24) is 9.97 Å². The first-order valence-corrected chi connectivity index (χ1v) is 8.87. The van der Waals surface area contributed by atoms with Gasteiger partial charge in [-0.25, -0.2) is 9.97 Å². The summed E-state index contributed by atoms with van der Waals surface area (Å²) in [5.74, 6) is 1.35. The van der Waals surface area contributed by atoms with E-state index in [2.05, 4.69) is 20.9 Å². The van der Waals surface area contributed by atoms with Crippen LogP contribution in [-0.4, -0.2) is 28.2 Å². The van der Waals surface area contributed by atoms with Crippen LogP contribution in [-0.2, 0) is 0 Å². The van der Waals surface area contributed by atoms with Gasteiger partial charge in [0.25, 0.3) is 0 Å². The fourth-order valence-corrected chi connectivity index (χ4v) is 4.16. The lowest BCUT2D eigenvalue weighted by molar-refractivity contribution is 0.0961. The van der Waals surface area contributed by atoms with Crippen LogP contribution < -0.4 is 4.90 Å². The highest BCUT2D eigenvalue weighted by atomic mass is 32.1. The maximum atomic E-state index is 10.5. The van der Waals surface area contributed by atoms with Gasteiger partial charge in [0, 0.05) is 23.4 Å². The van der Waals surface area contributed by atoms with Gasteiger partial charge in [-0.3, -0.25) is 0 Å². The van der Waals surface area contributed by atoms with Crippen LogP contribution in [0.3, 0.4) is 0 Å². The lowest BCUT2D eigenvalue weighted by Gasteiger charge is -2.35. The second-order valence-corrected chi connectivity index (χ2v) is 6.98. The van der Waals surface area contributed by atoms with Gasteiger partial charge in [-0.1, -0.05) is 18.2 Å². The molecule has 0 amide bonds. The van der Waals surface area contributed by atoms with Crippen LogP contribution in [0.2, 0.25) is 0 Å². The van der Waals surface area contributed by atoms with Crippen LogP contribution in [0.1, 0.15) is 23.8 Å². The summed E-state index contributed by atoms with van der Waals surface area (Å²) in [6.07, 6.45) is 3.28. The van der Waals surface area contributed by atoms with Gasteiger partial charge in [0.15, 0.2) is 0 Å². The van der Waals surface area contributed by atoms with E-state index in [-0.39, 0.29) is 6.10 Å². The van der Waals surface area contributed by atoms with Gasteiger partial charge in [-0.15, -0.1) is 11.3 Å². The standard InChI is InChI=1S/C18H19N3OS/c22-17(16-6-3-11-23-16)13-7-9-21(10-8-13)18-14-4-1-2-5-15(14)19-12-20-18/h1-6,11-13,17,22H,7-10H2. The summed E-state index contributed by atoms with van der Waals surface area (Å²) in [6.45, 7) is 1.85. The molecule has 0 bridgehead atoms. The Kier molecular flexibility index (Phi) is 3.97. The molecule has 1 aliphatic rings. The lowest BCUT2D eigenvalue weighted by atomic mass is 9.90. The van der Waals surface area contributed by atoms with E-state index in [1.165, 1.54) is 0 Å². The fraction of sp³-hybridized carbons (Fsp3) is 0.333. The molecule has 3 heterocycles. The number of benzene rings is 1. The predicted octanol–water partition coefficient (Wildman–Crippen LogP) is 3.64. The molecule has 0 aliphatic carbocycles. The number of aliphatic hydroxyl groups excluding tert-OH is 1. The molecule has 2 aromatic heterocycles. The molecule has 118 valence electrons. The average Bonchev–Trinajstić information content (AvgIpc) is 3.15. The molecule has 3 aromatic rings. The topological polar surface area (TPSA) is 49.2 Å². The monoisotopic (exact) mass is 325 g/mol. The van der Waals surface area contributed by atoms with Crippen molar-refractivity contribution in [1.29, 1.82) is 0 Å². The van der Waals surface area contributed by atoms with E-state index in [1.807, 2.05) is 35.7 Å². The summed E-state index contributed by atoms with van der Waals surface area (Å²) >= 11 is 1.64. The Labute approximate surface area is 139 Å². The molecule has 1 aliphatic heterocycles. The van der Waals surface area contributed by atoms with Crippen LogP contribution in [0.15, 0.2) is 48.1 Å². The average molecular weight is 325 g/mol. The smallest absolute Gasteiger partial charge is 0.139 e. The Morgan fingerprint density at radius 3 is 2.70 bits per heavy atom. The summed E-state index contributed by atoms with van der Waals surface area (Å²) in [4.78, 5) is 12.2. The van der Waals surface area contributed by atoms with Gasteiger partial charge in [0.2, 0.25) is 0 Å². The van der Waals surface area contributed by atoms with Gasteiger partial charge in [-0.05, 0) is 42.3 Å². The minimum Gasteiger partial charge on any atom is -0.387 e. The highest BCUT2D eigenvalue weighted by Crippen LogP contribution is 2.34. The first kappa shape index (κ1) is 14.6. The van der Waals surface area contributed by atoms with Gasteiger partial charge in [-0.2, -0.15) is 0 Å². The molecule has 1 unspecified atom stereocenters. The van der Waals surface area contributed by atoms with Gasteiger partial charge < -0.3 is 10.0 Å². The van der Waals surface area contributed by atoms with E-state index in [4.69, 9.17) is 0 Å². The Morgan fingerprint density at radius 2 is 1.91 bits per heavy atom. The number of piperidine rings is 1. The molecule has 0 saturated carbocycles. The van der Waals surface area contributed by atoms with Crippen LogP contribution >= 0.6 is 11.3 Å². The second kappa shape index (κ2) is 6.26. The summed E-state index contributed by atoms with van der Waals surface area (Å²) in [5, 5.41) is 13.7. The van der Waals surface area contributed by atoms with Crippen molar-refractivity contribution in [3.63, 3.8) is 0 Å². The third-order valence-corrected chi connectivity index (χ3v) is 5.59. The maximum absolute atomic E-state index is 10.5. The molecular formula is C18H19N3OS. The summed E-state index contributed by atoms with van der Waals surface area (Å²) < 4.78 is 0. The van der Waals surface area contributed by atoms with Gasteiger partial charge >= 0.3 is 0 Å². The normalized spacial score (nSPS) is 17.5. The van der Waals surface area contributed by atoms with Crippen LogP contribution in [0.4, 0.5) is 5.82 Å². The molecular weight excluding hydrogens is 306 g/mol. The number of hydrogen-bond acceptors (Lipinski definition) is 5. The Balaban J connectivity index is 1.51. The fourth-order valence-electron chi connectivity index (χ4n) is 3.36. The Morgan fingerprint density at radius 1 is 1.09 bits per heavy atom. The highest BCUT2D eigenvalue weighted by Gasteiger charge is 2.27. The molecule has 1 saturated heterocycles. The van der Waals surface area contributed by atoms with E-state index in [1.54, 1.807) is 17.7 Å². The Hall–Kier alpha value is -1.98. The van der Waals surface area contributed by atoms with E-state index >= 15 is 0 Å². The second-order valence-electron chi connectivity index (χ2n) is 6.00. The first-order valence-electron chi connectivity index (χ1n) is 7.99. The van der Waals surface area contributed by atoms with Crippen molar-refractivity contribution in [2.24, 2.45) is 5.92 Å². The van der Waals surface area contributed by atoms with Gasteiger partial charge in [0.05, 0.1) is 11.6 Å². The largest absolute Gasteiger partial charge is 0.387 e. The number of nitrogens with zero attached hydrogens (tertiary/aromatic N) is 3. The SMILES string of the molecule is OC(c1cccs1)C1CCN(c2ncnc3ccccc23)CC1. The molecule has 1 aromatic carbocycles. The number of hydrogen-bond donors (Lipinski definition) is 1. The summed E-state index contributed by atoms with van der Waals surface area (Å²) in [5.41, 5.74) is 0.984. The van der Waals surface area contributed by atoms with E-state index < -0.39 is 0 Å². The third kappa shape index (κ3) is 2.82. The van der Waals surface area contributed by atoms with Crippen LogP contribution in [0.5, 0.6) is 0 Å². The summed E-state index contributed by atoms with van der Waals surface area (Å²) in [7, 11) is 0. The number of anilines is 1. The Bertz CT molecular complexity index is 777. The molecule has 4 rings (SSSR count). The first-order chi connectivity index (χ1) is 11.3. The van der Waals surface area contributed by atoms with Crippen molar-refractivity contribution < 1.29 is 5.11 Å². The molecule has 23 heavy (non-hydrogen) atoms. The van der Waals surface area contributed by atoms with E-state index in [0.717, 1.165) is 47.5 Å². The number of aliphatic hydroxyl groups is 1. The predicted molar refractivity (Wildman–Crippen MR) is 93.8 cm³/mol. The zero-order valence-corrected chi connectivity index (χ0v) is 13.6. The molecule has 4 nitrogen and oxygen atoms in total. The minimum absolute atomic E-state index is 0.331. The molecule has 0 spiro atoms. The highest BCUT2D eigenvalue weighted by molar-refractivity contribution is 7.10. The molecule has 1 atom stereocenters. The third-order valence-electron chi connectivity index (χ3n) is 4.64. The minimum atomic E-state index is -0.334. The molecule has 0 radical (unpaired) electrons. The lowest BCUT2D eigenvalue weighted by Crippen LogP contribution is -2.36. The number of thiophene rings is 1. The number of aromatic nitrogens is 2. The van der Waals surface area contributed by atoms with E-state index in [0.29, 0.717) is 5.92 Å². The van der Waals surface area contributed by atoms with Crippen molar-refractivity contribution in [2.75, 3.05) is 18.0 Å². The zero-order chi connectivity index (χ0) is 15.6. The van der Waals surface area contributed by atoms with Crippen molar-refractivity contribution in [3.05, 3.63) is 53.0 Å². The molecule has 5 heteroatoms. The van der Waals surface area contributed by atoms with E-state index in [9.17, 15) is 5.11 Å². The van der Waals surface area contributed by atoms with Crippen molar-refractivity contribution in [3.8, 4) is 0 Å². The van der Waals surface area contributed by atoms with Crippen molar-refractivity contribution in [2.45, 2.75) is 18.9 Å². The van der Waals surface area contributed by atoms with Crippen LogP contribution in [0, 0.1) is 5.92 Å². The zero-order valence-electron chi connectivity index (χ0n) is 12.8.